The minimum absolute atomic E-state index is 0.113. The number of ether oxygens (including phenoxy) is 2. The maximum atomic E-state index is 12.6. The van der Waals surface area contributed by atoms with Gasteiger partial charge in [0.25, 0.3) is 0 Å². The first-order valence-corrected chi connectivity index (χ1v) is 44.0. The number of nitriles is 5. The molecule has 20 heterocycles. The van der Waals surface area contributed by atoms with Gasteiger partial charge in [-0.15, -0.1) is 0 Å². The molecule has 125 heavy (non-hydrogen) atoms. The molecule has 5 aliphatic heterocycles. The number of likely N-dealkylation sites (N-methyl/N-ethyl adjacent to an activating group) is 1. The van der Waals surface area contributed by atoms with E-state index in [4.69, 9.17) is 9.47 Å². The fourth-order valence-corrected chi connectivity index (χ4v) is 18.7. The molecule has 0 unspecified atom stereocenters. The van der Waals surface area contributed by atoms with Crippen LogP contribution in [0.3, 0.4) is 0 Å². The van der Waals surface area contributed by atoms with Crippen LogP contribution in [0.5, 0.6) is 5.75 Å². The Kier molecular flexibility index (Phi) is 26.7. The fraction of sp³-hybridized carbons (Fsp3) is 0.375. The number of rotatable bonds is 14. The number of fused-ring (bicyclic) bond motifs is 15. The van der Waals surface area contributed by atoms with Crippen molar-refractivity contribution < 1.29 is 22.6 Å². The number of alkyl halides is 3. The maximum Gasteiger partial charge on any atom is 0.401 e. The summed E-state index contributed by atoms with van der Waals surface area (Å²) in [6.45, 7) is 23.1. The van der Waals surface area contributed by atoms with Crippen LogP contribution < -0.4 is 29.7 Å². The van der Waals surface area contributed by atoms with E-state index in [9.17, 15) is 39.5 Å². The minimum Gasteiger partial charge on any atom is -0.487 e. The van der Waals surface area contributed by atoms with Crippen molar-refractivity contribution in [2.45, 2.75) is 64.8 Å². The van der Waals surface area contributed by atoms with Crippen LogP contribution in [-0.4, -0.2) is 264 Å². The molecule has 20 rings (SSSR count). The Morgan fingerprint density at radius 3 is 1.16 bits per heavy atom. The molecule has 31 nitrogen and oxygen atoms in total. The number of piperazine rings is 3. The van der Waals surface area contributed by atoms with E-state index in [1.807, 2.05) is 41.3 Å². The normalized spacial score (nSPS) is 15.9. The topological polar surface area (TPSA) is 383 Å². The first-order valence-electron chi connectivity index (χ1n) is 41.6. The third-order valence-electron chi connectivity index (χ3n) is 23.8. The predicted octanol–water partition coefficient (Wildman–Crippen LogP) is 14.2. The Balaban J connectivity index is 0.000000116. The van der Waals surface area contributed by atoms with Crippen LogP contribution in [0.2, 0.25) is 0 Å². The number of H-pyrrole nitrogens is 5. The van der Waals surface area contributed by atoms with Gasteiger partial charge in [0.1, 0.15) is 64.7 Å². The quantitative estimate of drug-likeness (QED) is 0.0589. The van der Waals surface area contributed by atoms with Crippen molar-refractivity contribution in [3.8, 4) is 36.1 Å². The number of aromatic amines is 5. The van der Waals surface area contributed by atoms with E-state index in [0.29, 0.717) is 59.0 Å². The number of anilines is 4. The van der Waals surface area contributed by atoms with Crippen molar-refractivity contribution in [1.82, 2.24) is 99.7 Å². The summed E-state index contributed by atoms with van der Waals surface area (Å²) < 4.78 is 51.9. The number of hydrogen-bond acceptors (Lipinski definition) is 26. The Bertz CT molecular complexity index is 6670. The number of methoxy groups -OCH3 is 1. The number of nitrogens with one attached hydrogen (secondary N) is 6. The highest BCUT2D eigenvalue weighted by atomic mass is 79.9. The molecule has 15 aromatic rings. The lowest BCUT2D eigenvalue weighted by Gasteiger charge is -2.39. The second kappa shape index (κ2) is 38.6. The average Bonchev–Trinajstić information content (AvgIpc) is 1.65. The number of aromatic nitrogens is 15. The largest absolute Gasteiger partial charge is 0.487 e. The van der Waals surface area contributed by atoms with Gasteiger partial charge in [-0.2, -0.15) is 39.5 Å². The van der Waals surface area contributed by atoms with Gasteiger partial charge in [0.2, 0.25) is 0 Å². The smallest absolute Gasteiger partial charge is 0.401 e. The number of pyridine rings is 10. The van der Waals surface area contributed by atoms with E-state index in [0.717, 1.165) is 272 Å². The fourth-order valence-electron chi connectivity index (χ4n) is 17.7. The van der Waals surface area contributed by atoms with Crippen LogP contribution >= 0.6 is 47.8 Å². The van der Waals surface area contributed by atoms with E-state index >= 15 is 0 Å². The third-order valence-corrected chi connectivity index (χ3v) is 25.1. The molecule has 5 aliphatic rings. The summed E-state index contributed by atoms with van der Waals surface area (Å²) in [5.74, 6) is 0.575. The first-order chi connectivity index (χ1) is 60.9. The van der Waals surface area contributed by atoms with Gasteiger partial charge < -0.3 is 69.1 Å². The second-order valence-electron chi connectivity index (χ2n) is 31.0. The number of piperidine rings is 2. The van der Waals surface area contributed by atoms with Crippen molar-refractivity contribution in [3.05, 3.63) is 146 Å². The van der Waals surface area contributed by atoms with Crippen LogP contribution in [0.15, 0.2) is 118 Å². The summed E-state index contributed by atoms with van der Waals surface area (Å²) >= 11 is 10.4. The van der Waals surface area contributed by atoms with E-state index in [1.54, 1.807) is 69.1 Å². The van der Waals surface area contributed by atoms with E-state index in [1.165, 1.54) is 4.90 Å². The molecular weight excluding hydrogens is 1790 g/mol. The van der Waals surface area contributed by atoms with Crippen molar-refractivity contribution >= 4 is 180 Å². The Labute approximate surface area is 741 Å². The van der Waals surface area contributed by atoms with Crippen LogP contribution in [-0.2, 0) is 4.74 Å². The average molecular weight is 1880 g/mol. The van der Waals surface area contributed by atoms with E-state index < -0.39 is 12.7 Å². The van der Waals surface area contributed by atoms with Crippen LogP contribution in [0.1, 0.15) is 74.9 Å². The summed E-state index contributed by atoms with van der Waals surface area (Å²) in [6, 6.07) is 25.6. The molecule has 0 aliphatic carbocycles. The summed E-state index contributed by atoms with van der Waals surface area (Å²) in [5, 5.41) is 60.8. The summed E-state index contributed by atoms with van der Waals surface area (Å²) in [5.41, 5.74) is 13.7. The summed E-state index contributed by atoms with van der Waals surface area (Å²) in [6.07, 6.45) is 17.2. The van der Waals surface area contributed by atoms with Crippen molar-refractivity contribution in [2.24, 2.45) is 0 Å². The third kappa shape index (κ3) is 18.4. The van der Waals surface area contributed by atoms with Gasteiger partial charge >= 0.3 is 6.18 Å². The molecule has 0 aromatic carbocycles. The zero-order valence-electron chi connectivity index (χ0n) is 69.2. The highest BCUT2D eigenvalue weighted by Gasteiger charge is 2.35. The van der Waals surface area contributed by atoms with Crippen molar-refractivity contribution in [2.75, 3.05) is 171 Å². The monoisotopic (exact) mass is 1880 g/mol. The lowest BCUT2D eigenvalue weighted by Crippen LogP contribution is -2.49. The van der Waals surface area contributed by atoms with E-state index in [-0.39, 0.29) is 24.9 Å². The van der Waals surface area contributed by atoms with Gasteiger partial charge in [-0.05, 0) is 149 Å². The number of hydrogen-bond donors (Lipinski definition) is 6. The molecule has 5 fully saturated rings. The highest BCUT2D eigenvalue weighted by Crippen LogP contribution is 2.43. The summed E-state index contributed by atoms with van der Waals surface area (Å²) in [7, 11) is 1.73. The number of halogens is 6. The molecule has 6 N–H and O–H groups in total. The molecular formula is C88H89Br3F3N29O2. The van der Waals surface area contributed by atoms with Crippen molar-refractivity contribution in [3.63, 3.8) is 0 Å². The molecule has 0 atom stereocenters. The summed E-state index contributed by atoms with van der Waals surface area (Å²) in [4.78, 5) is 77.6. The van der Waals surface area contributed by atoms with Gasteiger partial charge in [0, 0.05) is 204 Å². The standard InChI is InChI=1S/C20H23BrN6.C18H19BrN6O.C17H14BrF3N6.C17H18N6.C16H15N5O/c1-3-26(4-2)14-5-7-27(8-6-14)19-16(10-22)23-12-17-18(19)15-9-13(21)11-24-20(15)25-17;1-26-7-6-24-2-4-25(5-3-24)17-14(9-20)21-11-15-16(17)13-8-12(19)10-22-18(13)23-15;18-10-5-11-14-13(25-16(11)24-7-10)8-23-12(6-22)15(14)27-3-1-26(2-4-27)9-17(19,20)21;1-2-22-6-8-23(9-7-22)16-13(10-18)20-11-14-15(16)12-4-3-5-19-17(12)21-14;17-8-12-15(22-10-3-6-18-7-4-10)14-11-2-1-5-19-16(11)21-13(14)9-20-12/h9,11-12,14H,3-8H2,1-2H3,(H,24,25);8,10-11H,2-7H2,1H3,(H,22,23);5,7-8H,1-4,9H2,(H,24,25);3-5,11H,2,6-9H2,1H3,(H,19,21);1-2,5,9-10,18H,3-4,6-7H2,(H,19,21). The maximum absolute atomic E-state index is 12.6. The van der Waals surface area contributed by atoms with Crippen LogP contribution in [0, 0.1) is 56.7 Å². The van der Waals surface area contributed by atoms with Crippen LogP contribution in [0.4, 0.5) is 35.9 Å². The molecule has 15 aromatic heterocycles. The van der Waals surface area contributed by atoms with Gasteiger partial charge in [-0.25, -0.2) is 49.8 Å². The Morgan fingerprint density at radius 2 is 0.784 bits per heavy atom. The van der Waals surface area contributed by atoms with Gasteiger partial charge in [0.15, 0.2) is 34.2 Å². The Morgan fingerprint density at radius 1 is 0.432 bits per heavy atom. The minimum atomic E-state index is -4.21. The highest BCUT2D eigenvalue weighted by molar-refractivity contribution is 9.11. The van der Waals surface area contributed by atoms with Gasteiger partial charge in [-0.1, -0.05) is 20.8 Å². The molecule has 0 spiro atoms. The molecule has 0 amide bonds. The Hall–Kier alpha value is -12.1. The lowest BCUT2D eigenvalue weighted by molar-refractivity contribution is -0.146. The molecule has 5 saturated heterocycles. The predicted molar refractivity (Wildman–Crippen MR) is 488 cm³/mol. The zero-order valence-corrected chi connectivity index (χ0v) is 74.0. The van der Waals surface area contributed by atoms with E-state index in [2.05, 4.69) is 214 Å². The molecule has 0 radical (unpaired) electrons. The van der Waals surface area contributed by atoms with Gasteiger partial charge in [-0.3, -0.25) is 9.80 Å². The first kappa shape index (κ1) is 86.5. The molecule has 640 valence electrons. The molecule has 0 saturated carbocycles. The van der Waals surface area contributed by atoms with Crippen LogP contribution in [0.25, 0.3) is 110 Å². The second-order valence-corrected chi connectivity index (χ2v) is 33.7. The van der Waals surface area contributed by atoms with Gasteiger partial charge in [0.05, 0.1) is 99.9 Å². The SMILES string of the molecule is CCN(CC)C1CCN(c2c(C#N)ncc3[nH]c4ncc(Br)cc4c23)CC1.CCN1CCN(c2c(C#N)ncc3[nH]c4ncccc4c23)CC1.COCCN1CCN(c2c(C#N)ncc3[nH]c4ncc(Br)cc4c23)CC1.N#Cc1ncc2[nH]c3ncc(Br)cc3c2c1N1CCN(CC(F)(F)F)CC1.N#Cc1ncc2[nH]c3ncccc3c2c1OC1CCNCC1. The molecule has 37 heteroatoms. The van der Waals surface area contributed by atoms with Crippen molar-refractivity contribution in [1.29, 1.82) is 26.3 Å². The molecule has 0 bridgehead atoms. The zero-order chi connectivity index (χ0) is 87.0. The number of nitrogens with zero attached hydrogens (tertiary/aromatic N) is 23. The lowest BCUT2D eigenvalue weighted by atomic mass is 10.0.